The Hall–Kier alpha value is -0.770. The molecule has 2 rings (SSSR count). The van der Waals surface area contributed by atoms with Crippen molar-refractivity contribution in [2.24, 2.45) is 23.7 Å². The standard InChI is InChI=1S/C15H27NO3/c1-11(2)10-19-15(18)16-6-3-12(4-7-16)14-9-13(14)5-8-17/h11-14,17H,3-10H2,1-2H3/t13-,14-/m1/s1. The third-order valence-electron chi connectivity index (χ3n) is 4.42. The van der Waals surface area contributed by atoms with E-state index in [1.54, 1.807) is 0 Å². The molecule has 1 aliphatic heterocycles. The summed E-state index contributed by atoms with van der Waals surface area (Å²) in [6.45, 7) is 6.61. The Morgan fingerprint density at radius 1 is 1.37 bits per heavy atom. The van der Waals surface area contributed by atoms with Crippen LogP contribution in [0.4, 0.5) is 4.79 Å². The van der Waals surface area contributed by atoms with Crippen LogP contribution < -0.4 is 0 Å². The van der Waals surface area contributed by atoms with Gasteiger partial charge in [-0.25, -0.2) is 4.79 Å². The normalized spacial score (nSPS) is 27.7. The number of nitrogens with zero attached hydrogens (tertiary/aromatic N) is 1. The number of ether oxygens (including phenoxy) is 1. The minimum absolute atomic E-state index is 0.144. The molecule has 1 amide bonds. The van der Waals surface area contributed by atoms with Gasteiger partial charge in [0.1, 0.15) is 0 Å². The van der Waals surface area contributed by atoms with Crippen molar-refractivity contribution in [3.8, 4) is 0 Å². The average Bonchev–Trinajstić information content (AvgIpc) is 3.16. The number of piperidine rings is 1. The van der Waals surface area contributed by atoms with E-state index in [9.17, 15) is 4.79 Å². The molecule has 1 saturated carbocycles. The second-order valence-corrected chi connectivity index (χ2v) is 6.47. The van der Waals surface area contributed by atoms with Gasteiger partial charge in [-0.1, -0.05) is 13.8 Å². The Morgan fingerprint density at radius 3 is 2.63 bits per heavy atom. The lowest BCUT2D eigenvalue weighted by atomic mass is 9.91. The number of likely N-dealkylation sites (tertiary alicyclic amines) is 1. The Balaban J connectivity index is 1.66. The van der Waals surface area contributed by atoms with Gasteiger partial charge in [0.2, 0.25) is 0 Å². The van der Waals surface area contributed by atoms with Crippen LogP contribution in [0.5, 0.6) is 0 Å². The largest absolute Gasteiger partial charge is 0.449 e. The summed E-state index contributed by atoms with van der Waals surface area (Å²) in [6, 6.07) is 0. The van der Waals surface area contributed by atoms with Gasteiger partial charge in [0.05, 0.1) is 6.61 Å². The number of carbonyl (C=O) groups is 1. The highest BCUT2D eigenvalue weighted by atomic mass is 16.6. The fourth-order valence-electron chi connectivity index (χ4n) is 3.19. The summed E-state index contributed by atoms with van der Waals surface area (Å²) < 4.78 is 5.27. The summed E-state index contributed by atoms with van der Waals surface area (Å²) in [7, 11) is 0. The molecule has 0 spiro atoms. The Kier molecular flexibility index (Phi) is 5.08. The van der Waals surface area contributed by atoms with Crippen LogP contribution in [0, 0.1) is 23.7 Å². The van der Waals surface area contributed by atoms with Crippen molar-refractivity contribution in [2.45, 2.75) is 39.5 Å². The number of carbonyl (C=O) groups excluding carboxylic acids is 1. The Bertz CT molecular complexity index is 298. The molecule has 110 valence electrons. The highest BCUT2D eigenvalue weighted by molar-refractivity contribution is 5.67. The van der Waals surface area contributed by atoms with E-state index in [0.29, 0.717) is 19.1 Å². The first-order valence-corrected chi connectivity index (χ1v) is 7.64. The molecule has 0 bridgehead atoms. The number of hydrogen-bond donors (Lipinski definition) is 1. The molecule has 0 unspecified atom stereocenters. The van der Waals surface area contributed by atoms with Crippen molar-refractivity contribution in [3.63, 3.8) is 0 Å². The van der Waals surface area contributed by atoms with E-state index in [1.807, 2.05) is 18.7 Å². The molecule has 2 aliphatic rings. The van der Waals surface area contributed by atoms with E-state index in [2.05, 4.69) is 0 Å². The third kappa shape index (κ3) is 4.10. The fraction of sp³-hybridized carbons (Fsp3) is 0.933. The molecular formula is C15H27NO3. The molecule has 2 atom stereocenters. The van der Waals surface area contributed by atoms with Crippen LogP contribution in [0.25, 0.3) is 0 Å². The van der Waals surface area contributed by atoms with E-state index >= 15 is 0 Å². The van der Waals surface area contributed by atoms with Gasteiger partial charge in [-0.3, -0.25) is 0 Å². The van der Waals surface area contributed by atoms with Crippen LogP contribution in [-0.2, 0) is 4.74 Å². The molecule has 0 aromatic carbocycles. The van der Waals surface area contributed by atoms with E-state index in [1.165, 1.54) is 6.42 Å². The first kappa shape index (κ1) is 14.6. The van der Waals surface area contributed by atoms with Crippen LogP contribution in [0.1, 0.15) is 39.5 Å². The highest BCUT2D eigenvalue weighted by Crippen LogP contribution is 2.49. The summed E-state index contributed by atoms with van der Waals surface area (Å²) in [5.74, 6) is 2.70. The zero-order valence-corrected chi connectivity index (χ0v) is 12.2. The molecule has 1 aliphatic carbocycles. The van der Waals surface area contributed by atoms with E-state index in [4.69, 9.17) is 9.84 Å². The molecule has 1 heterocycles. The average molecular weight is 269 g/mol. The maximum absolute atomic E-state index is 11.8. The zero-order valence-electron chi connectivity index (χ0n) is 12.2. The summed E-state index contributed by atoms with van der Waals surface area (Å²) >= 11 is 0. The number of rotatable bonds is 5. The van der Waals surface area contributed by atoms with Gasteiger partial charge < -0.3 is 14.7 Å². The molecule has 19 heavy (non-hydrogen) atoms. The number of hydrogen-bond acceptors (Lipinski definition) is 3. The number of aliphatic hydroxyl groups is 1. The number of amides is 1. The van der Waals surface area contributed by atoms with Crippen molar-refractivity contribution in [3.05, 3.63) is 0 Å². The molecule has 2 fully saturated rings. The van der Waals surface area contributed by atoms with E-state index < -0.39 is 0 Å². The van der Waals surface area contributed by atoms with E-state index in [-0.39, 0.29) is 6.09 Å². The number of aliphatic hydroxyl groups excluding tert-OH is 1. The summed E-state index contributed by atoms with van der Waals surface area (Å²) in [5, 5.41) is 8.94. The van der Waals surface area contributed by atoms with Crippen molar-refractivity contribution in [2.75, 3.05) is 26.3 Å². The molecule has 1 saturated heterocycles. The molecule has 4 nitrogen and oxygen atoms in total. The summed E-state index contributed by atoms with van der Waals surface area (Å²) in [6.07, 6.45) is 4.30. The molecular weight excluding hydrogens is 242 g/mol. The Morgan fingerprint density at radius 2 is 2.05 bits per heavy atom. The minimum atomic E-state index is -0.144. The van der Waals surface area contributed by atoms with Gasteiger partial charge in [-0.2, -0.15) is 0 Å². The van der Waals surface area contributed by atoms with Crippen LogP contribution in [0.3, 0.4) is 0 Å². The van der Waals surface area contributed by atoms with Crippen molar-refractivity contribution >= 4 is 6.09 Å². The van der Waals surface area contributed by atoms with Gasteiger partial charge in [0.25, 0.3) is 0 Å². The van der Waals surface area contributed by atoms with Gasteiger partial charge >= 0.3 is 6.09 Å². The van der Waals surface area contributed by atoms with Gasteiger partial charge in [0.15, 0.2) is 0 Å². The zero-order chi connectivity index (χ0) is 13.8. The second kappa shape index (κ2) is 6.60. The van der Waals surface area contributed by atoms with Gasteiger partial charge in [0, 0.05) is 19.7 Å². The summed E-state index contributed by atoms with van der Waals surface area (Å²) in [4.78, 5) is 13.7. The Labute approximate surface area is 116 Å². The van der Waals surface area contributed by atoms with Gasteiger partial charge in [-0.05, 0) is 49.4 Å². The highest BCUT2D eigenvalue weighted by Gasteiger charge is 2.43. The van der Waals surface area contributed by atoms with Crippen LogP contribution in [-0.4, -0.2) is 42.4 Å². The maximum Gasteiger partial charge on any atom is 0.409 e. The molecule has 0 aromatic heterocycles. The smallest absolute Gasteiger partial charge is 0.409 e. The first-order chi connectivity index (χ1) is 9.11. The summed E-state index contributed by atoms with van der Waals surface area (Å²) in [5.41, 5.74) is 0. The predicted octanol–water partition coefficient (Wildman–Crippen LogP) is 2.51. The van der Waals surface area contributed by atoms with Crippen molar-refractivity contribution in [1.82, 2.24) is 4.90 Å². The maximum atomic E-state index is 11.8. The quantitative estimate of drug-likeness (QED) is 0.834. The molecule has 0 radical (unpaired) electrons. The molecule has 4 heteroatoms. The lowest BCUT2D eigenvalue weighted by Crippen LogP contribution is -2.39. The first-order valence-electron chi connectivity index (χ1n) is 7.64. The topological polar surface area (TPSA) is 49.8 Å². The predicted molar refractivity (Wildman–Crippen MR) is 73.8 cm³/mol. The monoisotopic (exact) mass is 269 g/mol. The van der Waals surface area contributed by atoms with Crippen molar-refractivity contribution in [1.29, 1.82) is 0 Å². The molecule has 0 aromatic rings. The van der Waals surface area contributed by atoms with Crippen LogP contribution in [0.15, 0.2) is 0 Å². The third-order valence-corrected chi connectivity index (χ3v) is 4.42. The lowest BCUT2D eigenvalue weighted by molar-refractivity contribution is 0.0765. The molecule has 1 N–H and O–H groups in total. The van der Waals surface area contributed by atoms with Crippen LogP contribution >= 0.6 is 0 Å². The minimum Gasteiger partial charge on any atom is -0.449 e. The lowest BCUT2D eigenvalue weighted by Gasteiger charge is -2.31. The second-order valence-electron chi connectivity index (χ2n) is 6.47. The van der Waals surface area contributed by atoms with E-state index in [0.717, 1.165) is 50.1 Å². The SMILES string of the molecule is CC(C)COC(=O)N1CCC([C@H]2C[C@H]2CCO)CC1. The van der Waals surface area contributed by atoms with Gasteiger partial charge in [-0.15, -0.1) is 0 Å². The van der Waals surface area contributed by atoms with Crippen molar-refractivity contribution < 1.29 is 14.6 Å². The fourth-order valence-corrected chi connectivity index (χ4v) is 3.19. The van der Waals surface area contributed by atoms with Crippen LogP contribution in [0.2, 0.25) is 0 Å².